The monoisotopic (exact) mass is 340 g/mol. The van der Waals surface area contributed by atoms with Gasteiger partial charge in [0.1, 0.15) is 5.82 Å². The van der Waals surface area contributed by atoms with Gasteiger partial charge < -0.3 is 10.2 Å². The molecule has 0 aromatic heterocycles. The minimum Gasteiger partial charge on any atom is -0.322 e. The Morgan fingerprint density at radius 1 is 1.12 bits per heavy atom. The van der Waals surface area contributed by atoms with Crippen LogP contribution in [0.2, 0.25) is 0 Å². The van der Waals surface area contributed by atoms with Crippen LogP contribution in [0, 0.1) is 11.2 Å². The van der Waals surface area contributed by atoms with Crippen molar-refractivity contribution >= 4 is 23.2 Å². The van der Waals surface area contributed by atoms with Crippen LogP contribution in [0.3, 0.4) is 0 Å². The number of hydrogen-bond acceptors (Lipinski definition) is 2. The number of benzene rings is 2. The summed E-state index contributed by atoms with van der Waals surface area (Å²) in [5.41, 5.74) is 2.38. The molecule has 25 heavy (non-hydrogen) atoms. The summed E-state index contributed by atoms with van der Waals surface area (Å²) in [5.74, 6) is -0.721. The van der Waals surface area contributed by atoms with E-state index < -0.39 is 11.2 Å². The van der Waals surface area contributed by atoms with E-state index in [-0.39, 0.29) is 17.4 Å². The topological polar surface area (TPSA) is 49.4 Å². The molecule has 3 rings (SSSR count). The lowest BCUT2D eigenvalue weighted by Crippen LogP contribution is -2.38. The maximum absolute atomic E-state index is 13.2. The Hall–Kier alpha value is -2.69. The molecule has 1 aliphatic heterocycles. The van der Waals surface area contributed by atoms with E-state index in [0.29, 0.717) is 12.2 Å². The Balaban J connectivity index is 1.79. The van der Waals surface area contributed by atoms with Gasteiger partial charge >= 0.3 is 0 Å². The van der Waals surface area contributed by atoms with Crippen LogP contribution in [0.15, 0.2) is 42.5 Å². The predicted molar refractivity (Wildman–Crippen MR) is 96.3 cm³/mol. The molecule has 2 aromatic rings. The molecule has 2 amide bonds. The number of fused-ring (bicyclic) bond motifs is 1. The second-order valence-electron chi connectivity index (χ2n) is 7.26. The van der Waals surface area contributed by atoms with Crippen LogP contribution in [0.5, 0.6) is 0 Å². The zero-order valence-corrected chi connectivity index (χ0v) is 14.6. The molecule has 0 radical (unpaired) electrons. The van der Waals surface area contributed by atoms with Gasteiger partial charge in [0.05, 0.1) is 0 Å². The third kappa shape index (κ3) is 3.55. The summed E-state index contributed by atoms with van der Waals surface area (Å²) in [6.45, 7) is 6.36. The molecular weight excluding hydrogens is 319 g/mol. The van der Waals surface area contributed by atoms with Crippen LogP contribution < -0.4 is 10.2 Å². The maximum Gasteiger partial charge on any atom is 0.255 e. The standard InChI is InChI=1S/C20H21FN2O2/c1-20(2,3)19(25)23-10-9-13-12-16(7-8-17(13)23)22-18(24)14-5-4-6-15(21)11-14/h4-8,11-12H,9-10H2,1-3H3,(H,22,24). The normalized spacial score (nSPS) is 13.5. The van der Waals surface area contributed by atoms with Gasteiger partial charge in [0.25, 0.3) is 5.91 Å². The molecule has 0 bridgehead atoms. The van der Waals surface area contributed by atoms with Gasteiger partial charge in [0.2, 0.25) is 5.91 Å². The molecule has 1 heterocycles. The van der Waals surface area contributed by atoms with Gasteiger partial charge in [-0.3, -0.25) is 9.59 Å². The number of nitrogens with zero attached hydrogens (tertiary/aromatic N) is 1. The van der Waals surface area contributed by atoms with E-state index in [1.54, 1.807) is 17.0 Å². The second-order valence-corrected chi connectivity index (χ2v) is 7.26. The summed E-state index contributed by atoms with van der Waals surface area (Å²) < 4.78 is 13.2. The van der Waals surface area contributed by atoms with E-state index in [9.17, 15) is 14.0 Å². The van der Waals surface area contributed by atoms with Crippen molar-refractivity contribution in [3.05, 3.63) is 59.4 Å². The highest BCUT2D eigenvalue weighted by Crippen LogP contribution is 2.33. The number of rotatable bonds is 2. The zero-order valence-electron chi connectivity index (χ0n) is 14.6. The van der Waals surface area contributed by atoms with Crippen molar-refractivity contribution in [1.82, 2.24) is 0 Å². The highest BCUT2D eigenvalue weighted by molar-refractivity contribution is 6.05. The molecule has 0 saturated carbocycles. The van der Waals surface area contributed by atoms with E-state index >= 15 is 0 Å². The highest BCUT2D eigenvalue weighted by atomic mass is 19.1. The average Bonchev–Trinajstić information content (AvgIpc) is 2.96. The van der Waals surface area contributed by atoms with Gasteiger partial charge in [-0.05, 0) is 48.4 Å². The van der Waals surface area contributed by atoms with Crippen molar-refractivity contribution in [1.29, 1.82) is 0 Å². The first-order chi connectivity index (χ1) is 11.8. The van der Waals surface area contributed by atoms with Crippen molar-refractivity contribution in [2.24, 2.45) is 5.41 Å². The summed E-state index contributed by atoms with van der Waals surface area (Å²) in [5, 5.41) is 2.78. The number of amides is 2. The van der Waals surface area contributed by atoms with Crippen LogP contribution in [-0.2, 0) is 11.2 Å². The molecular formula is C20H21FN2O2. The molecule has 4 nitrogen and oxygen atoms in total. The first-order valence-corrected chi connectivity index (χ1v) is 8.27. The third-order valence-corrected chi connectivity index (χ3v) is 4.21. The molecule has 0 unspecified atom stereocenters. The van der Waals surface area contributed by atoms with Crippen LogP contribution in [-0.4, -0.2) is 18.4 Å². The molecule has 130 valence electrons. The van der Waals surface area contributed by atoms with Crippen LogP contribution >= 0.6 is 0 Å². The number of carbonyl (C=O) groups excluding carboxylic acids is 2. The molecule has 0 atom stereocenters. The Morgan fingerprint density at radius 2 is 1.88 bits per heavy atom. The first-order valence-electron chi connectivity index (χ1n) is 8.27. The SMILES string of the molecule is CC(C)(C)C(=O)N1CCc2cc(NC(=O)c3cccc(F)c3)ccc21. The highest BCUT2D eigenvalue weighted by Gasteiger charge is 2.32. The molecule has 0 aliphatic carbocycles. The summed E-state index contributed by atoms with van der Waals surface area (Å²) in [6, 6.07) is 11.1. The number of halogens is 1. The van der Waals surface area contributed by atoms with E-state index in [1.807, 2.05) is 32.9 Å². The number of hydrogen-bond donors (Lipinski definition) is 1. The van der Waals surface area contributed by atoms with Crippen LogP contribution in [0.1, 0.15) is 36.7 Å². The fourth-order valence-corrected chi connectivity index (χ4v) is 2.93. The van der Waals surface area contributed by atoms with Crippen molar-refractivity contribution in [3.8, 4) is 0 Å². The van der Waals surface area contributed by atoms with Gasteiger partial charge in [-0.2, -0.15) is 0 Å². The Labute approximate surface area is 146 Å². The average molecular weight is 340 g/mol. The predicted octanol–water partition coefficient (Wildman–Crippen LogP) is 4.01. The van der Waals surface area contributed by atoms with E-state index in [1.165, 1.54) is 18.2 Å². The molecule has 1 N–H and O–H groups in total. The van der Waals surface area contributed by atoms with Gasteiger partial charge in [0.15, 0.2) is 0 Å². The molecule has 0 fully saturated rings. The summed E-state index contributed by atoms with van der Waals surface area (Å²) in [4.78, 5) is 26.6. The van der Waals surface area contributed by atoms with E-state index in [0.717, 1.165) is 17.7 Å². The third-order valence-electron chi connectivity index (χ3n) is 4.21. The zero-order chi connectivity index (χ0) is 18.2. The van der Waals surface area contributed by atoms with Crippen molar-refractivity contribution in [3.63, 3.8) is 0 Å². The number of nitrogens with one attached hydrogen (secondary N) is 1. The molecule has 2 aromatic carbocycles. The fourth-order valence-electron chi connectivity index (χ4n) is 2.93. The Bertz CT molecular complexity index is 840. The fraction of sp³-hybridized carbons (Fsp3) is 0.300. The molecule has 5 heteroatoms. The number of anilines is 2. The minimum absolute atomic E-state index is 0.0859. The lowest BCUT2D eigenvalue weighted by Gasteiger charge is -2.26. The summed E-state index contributed by atoms with van der Waals surface area (Å²) >= 11 is 0. The quantitative estimate of drug-likeness (QED) is 0.898. The van der Waals surface area contributed by atoms with Gasteiger partial charge in [-0.25, -0.2) is 4.39 Å². The van der Waals surface area contributed by atoms with E-state index in [4.69, 9.17) is 0 Å². The Morgan fingerprint density at radius 3 is 2.56 bits per heavy atom. The first kappa shape index (κ1) is 17.1. The van der Waals surface area contributed by atoms with Gasteiger partial charge in [-0.1, -0.05) is 26.8 Å². The van der Waals surface area contributed by atoms with Crippen LogP contribution in [0.25, 0.3) is 0 Å². The Kier molecular flexibility index (Phi) is 4.33. The smallest absolute Gasteiger partial charge is 0.255 e. The minimum atomic E-state index is -0.446. The maximum atomic E-state index is 13.2. The summed E-state index contributed by atoms with van der Waals surface area (Å²) in [6.07, 6.45) is 0.751. The van der Waals surface area contributed by atoms with Gasteiger partial charge in [-0.15, -0.1) is 0 Å². The van der Waals surface area contributed by atoms with Crippen LogP contribution in [0.4, 0.5) is 15.8 Å². The van der Waals surface area contributed by atoms with Crippen molar-refractivity contribution in [2.75, 3.05) is 16.8 Å². The lowest BCUT2D eigenvalue weighted by molar-refractivity contribution is -0.125. The molecule has 0 saturated heterocycles. The lowest BCUT2D eigenvalue weighted by atomic mass is 9.94. The second kappa shape index (κ2) is 6.31. The van der Waals surface area contributed by atoms with Gasteiger partial charge in [0, 0.05) is 28.9 Å². The molecule has 0 spiro atoms. The van der Waals surface area contributed by atoms with E-state index in [2.05, 4.69) is 5.32 Å². The molecule has 1 aliphatic rings. The van der Waals surface area contributed by atoms with Crippen molar-refractivity contribution < 1.29 is 14.0 Å². The summed E-state index contributed by atoms with van der Waals surface area (Å²) in [7, 11) is 0. The number of carbonyl (C=O) groups is 2. The van der Waals surface area contributed by atoms with Crippen molar-refractivity contribution in [2.45, 2.75) is 27.2 Å². The largest absolute Gasteiger partial charge is 0.322 e.